The summed E-state index contributed by atoms with van der Waals surface area (Å²) in [6.45, 7) is 0. The molecule has 0 radical (unpaired) electrons. The Bertz CT molecular complexity index is 687. The molecule has 0 bridgehead atoms. The fourth-order valence-corrected chi connectivity index (χ4v) is 1.94. The van der Waals surface area contributed by atoms with E-state index in [2.05, 4.69) is 19.8 Å². The van der Waals surface area contributed by atoms with Crippen molar-refractivity contribution >= 4 is 21.9 Å². The van der Waals surface area contributed by atoms with Crippen LogP contribution in [-0.2, 0) is 17.1 Å². The quantitative estimate of drug-likeness (QED) is 0.745. The third-order valence-electron chi connectivity index (χ3n) is 1.79. The van der Waals surface area contributed by atoms with Crippen molar-refractivity contribution in [2.45, 2.75) is 5.09 Å². The predicted octanol–water partition coefficient (Wildman–Crippen LogP) is -0.698. The topological polar surface area (TPSA) is 140 Å². The number of carboxylic acid groups (broad SMARTS) is 1. The molecule has 0 fully saturated rings. The number of rotatable bonds is 4. The van der Waals surface area contributed by atoms with Crippen molar-refractivity contribution in [2.75, 3.05) is 4.72 Å². The Kier molecular flexibility index (Phi) is 2.74. The molecule has 11 heteroatoms. The summed E-state index contributed by atoms with van der Waals surface area (Å²) in [5.41, 5.74) is 0. The predicted molar refractivity (Wildman–Crippen MR) is 55.3 cm³/mol. The molecule has 2 aromatic heterocycles. The number of aromatic carboxylic acids is 1. The summed E-state index contributed by atoms with van der Waals surface area (Å²) in [5.74, 6) is -2.10. The molecular formula is C7H7N5O5S. The van der Waals surface area contributed by atoms with E-state index in [1.165, 1.54) is 7.05 Å². The molecule has 0 saturated carbocycles. The summed E-state index contributed by atoms with van der Waals surface area (Å²) in [6.07, 6.45) is 0. The molecule has 0 atom stereocenters. The highest BCUT2D eigenvalue weighted by Crippen LogP contribution is 2.16. The van der Waals surface area contributed by atoms with Gasteiger partial charge in [-0.05, 0) is 17.3 Å². The van der Waals surface area contributed by atoms with Crippen LogP contribution in [0.25, 0.3) is 0 Å². The summed E-state index contributed by atoms with van der Waals surface area (Å²) < 4.78 is 30.1. The molecule has 0 aromatic carbocycles. The Morgan fingerprint density at radius 1 is 1.50 bits per heavy atom. The molecule has 18 heavy (non-hydrogen) atoms. The maximum atomic E-state index is 11.7. The first-order valence-electron chi connectivity index (χ1n) is 4.48. The first kappa shape index (κ1) is 12.0. The molecule has 0 aliphatic carbocycles. The van der Waals surface area contributed by atoms with Gasteiger partial charge in [-0.2, -0.15) is 13.2 Å². The zero-order valence-electron chi connectivity index (χ0n) is 8.93. The van der Waals surface area contributed by atoms with Gasteiger partial charge >= 0.3 is 5.97 Å². The third-order valence-corrected chi connectivity index (χ3v) is 2.99. The van der Waals surface area contributed by atoms with E-state index in [1.54, 1.807) is 0 Å². The average molecular weight is 273 g/mol. The molecule has 0 spiro atoms. The summed E-state index contributed by atoms with van der Waals surface area (Å²) in [4.78, 5) is 11.6. The van der Waals surface area contributed by atoms with Gasteiger partial charge in [-0.1, -0.05) is 5.10 Å². The second-order valence-electron chi connectivity index (χ2n) is 3.13. The van der Waals surface area contributed by atoms with Gasteiger partial charge in [0.25, 0.3) is 16.0 Å². The summed E-state index contributed by atoms with van der Waals surface area (Å²) in [6, 6.07) is 2.04. The fourth-order valence-electron chi connectivity index (χ4n) is 1.07. The van der Waals surface area contributed by atoms with Crippen LogP contribution in [0.3, 0.4) is 0 Å². The number of furan rings is 1. The Labute approximate surface area is 100 Å². The van der Waals surface area contributed by atoms with Crippen molar-refractivity contribution in [1.82, 2.24) is 20.2 Å². The van der Waals surface area contributed by atoms with Gasteiger partial charge < -0.3 is 9.52 Å². The van der Waals surface area contributed by atoms with Gasteiger partial charge in [0.05, 0.1) is 7.05 Å². The summed E-state index contributed by atoms with van der Waals surface area (Å²) in [7, 11) is -2.61. The molecule has 2 heterocycles. The lowest BCUT2D eigenvalue weighted by atomic mass is 10.5. The maximum Gasteiger partial charge on any atom is 0.371 e. The monoisotopic (exact) mass is 273 g/mol. The van der Waals surface area contributed by atoms with Crippen LogP contribution in [0.15, 0.2) is 21.6 Å². The van der Waals surface area contributed by atoms with Crippen LogP contribution in [0.2, 0.25) is 0 Å². The van der Waals surface area contributed by atoms with Crippen LogP contribution in [0.1, 0.15) is 10.6 Å². The van der Waals surface area contributed by atoms with E-state index < -0.39 is 26.8 Å². The van der Waals surface area contributed by atoms with E-state index in [4.69, 9.17) is 5.11 Å². The molecule has 0 aliphatic rings. The van der Waals surface area contributed by atoms with E-state index in [1.807, 2.05) is 4.72 Å². The number of hydrogen-bond donors (Lipinski definition) is 2. The Morgan fingerprint density at radius 3 is 2.72 bits per heavy atom. The van der Waals surface area contributed by atoms with Crippen LogP contribution in [0, 0.1) is 0 Å². The van der Waals surface area contributed by atoms with Gasteiger partial charge in [-0.3, -0.25) is 0 Å². The number of carboxylic acids is 1. The third kappa shape index (κ3) is 2.29. The molecule has 10 nitrogen and oxygen atoms in total. The molecule has 0 amide bonds. The molecular weight excluding hydrogens is 266 g/mol. The normalized spacial score (nSPS) is 11.4. The van der Waals surface area contributed by atoms with E-state index >= 15 is 0 Å². The molecule has 2 aromatic rings. The number of aromatic nitrogens is 4. The van der Waals surface area contributed by atoms with Gasteiger partial charge in [0, 0.05) is 0 Å². The fraction of sp³-hybridized carbons (Fsp3) is 0.143. The molecule has 2 N–H and O–H groups in total. The van der Waals surface area contributed by atoms with Crippen LogP contribution in [0.4, 0.5) is 5.95 Å². The van der Waals surface area contributed by atoms with Crippen molar-refractivity contribution in [3.8, 4) is 0 Å². The molecule has 0 saturated heterocycles. The minimum absolute atomic E-state index is 0.245. The van der Waals surface area contributed by atoms with E-state index in [9.17, 15) is 13.2 Å². The Hall–Kier alpha value is -2.43. The standard InChI is InChI=1S/C7H7N5O5S/c1-12-9-7(8-11-12)10-18(15,16)5-3-2-4(17-5)6(13)14/h2-3H,1H3,(H,9,10)(H,13,14). The number of hydrogen-bond acceptors (Lipinski definition) is 7. The molecule has 0 aliphatic heterocycles. The largest absolute Gasteiger partial charge is 0.475 e. The van der Waals surface area contributed by atoms with Crippen molar-refractivity contribution in [3.05, 3.63) is 17.9 Å². The zero-order chi connectivity index (χ0) is 13.3. The Balaban J connectivity index is 2.27. The van der Waals surface area contributed by atoms with E-state index in [0.717, 1.165) is 16.9 Å². The van der Waals surface area contributed by atoms with E-state index in [0.29, 0.717) is 0 Å². The van der Waals surface area contributed by atoms with Gasteiger partial charge in [0.15, 0.2) is 0 Å². The van der Waals surface area contributed by atoms with Gasteiger partial charge in [-0.25, -0.2) is 9.52 Å². The van der Waals surface area contributed by atoms with Gasteiger partial charge in [-0.15, -0.1) is 5.10 Å². The first-order valence-corrected chi connectivity index (χ1v) is 5.97. The molecule has 96 valence electrons. The number of carbonyl (C=O) groups is 1. The second kappa shape index (κ2) is 4.10. The second-order valence-corrected chi connectivity index (χ2v) is 4.75. The lowest BCUT2D eigenvalue weighted by Gasteiger charge is -1.99. The minimum atomic E-state index is -4.07. The lowest BCUT2D eigenvalue weighted by molar-refractivity contribution is 0.0656. The van der Waals surface area contributed by atoms with Gasteiger partial charge in [0.2, 0.25) is 10.9 Å². The number of nitrogens with one attached hydrogen (secondary N) is 1. The lowest BCUT2D eigenvalue weighted by Crippen LogP contribution is -2.13. The van der Waals surface area contributed by atoms with Gasteiger partial charge in [0.1, 0.15) is 0 Å². The Morgan fingerprint density at radius 2 is 2.22 bits per heavy atom. The number of aryl methyl sites for hydroxylation is 1. The maximum absolute atomic E-state index is 11.7. The number of sulfonamides is 1. The number of tetrazole rings is 1. The van der Waals surface area contributed by atoms with Crippen LogP contribution in [-0.4, -0.2) is 39.7 Å². The highest BCUT2D eigenvalue weighted by atomic mass is 32.2. The number of anilines is 1. The van der Waals surface area contributed by atoms with Crippen molar-refractivity contribution < 1.29 is 22.7 Å². The molecule has 0 unspecified atom stereocenters. The van der Waals surface area contributed by atoms with Crippen LogP contribution >= 0.6 is 0 Å². The highest BCUT2D eigenvalue weighted by Gasteiger charge is 2.22. The average Bonchev–Trinajstić information content (AvgIpc) is 2.86. The van der Waals surface area contributed by atoms with Crippen molar-refractivity contribution in [2.24, 2.45) is 7.05 Å². The molecule has 2 rings (SSSR count). The zero-order valence-corrected chi connectivity index (χ0v) is 9.75. The van der Waals surface area contributed by atoms with Crippen molar-refractivity contribution in [3.63, 3.8) is 0 Å². The summed E-state index contributed by atoms with van der Waals surface area (Å²) in [5, 5.41) is 18.5. The van der Waals surface area contributed by atoms with E-state index in [-0.39, 0.29) is 5.95 Å². The van der Waals surface area contributed by atoms with Crippen LogP contribution < -0.4 is 4.72 Å². The SMILES string of the molecule is Cn1nnc(NS(=O)(=O)c2ccc(C(=O)O)o2)n1. The highest BCUT2D eigenvalue weighted by molar-refractivity contribution is 7.92. The van der Waals surface area contributed by atoms with Crippen LogP contribution in [0.5, 0.6) is 0 Å². The van der Waals surface area contributed by atoms with Crippen molar-refractivity contribution in [1.29, 1.82) is 0 Å². The smallest absolute Gasteiger partial charge is 0.371 e. The number of nitrogens with zero attached hydrogens (tertiary/aromatic N) is 4. The minimum Gasteiger partial charge on any atom is -0.475 e. The first-order chi connectivity index (χ1) is 8.38. The summed E-state index contributed by atoms with van der Waals surface area (Å²) >= 11 is 0.